The molecule has 2 aromatic heterocycles. The lowest BCUT2D eigenvalue weighted by Gasteiger charge is -2.08. The molecule has 0 aliphatic carbocycles. The van der Waals surface area contributed by atoms with E-state index in [0.29, 0.717) is 17.6 Å². The van der Waals surface area contributed by atoms with Gasteiger partial charge in [-0.2, -0.15) is 5.10 Å². The summed E-state index contributed by atoms with van der Waals surface area (Å²) < 4.78 is 2.81. The minimum absolute atomic E-state index is 0.0823. The molecule has 0 saturated heterocycles. The molecule has 2 N–H and O–H groups in total. The molecule has 0 radical (unpaired) electrons. The van der Waals surface area contributed by atoms with Crippen molar-refractivity contribution in [3.05, 3.63) is 16.6 Å². The van der Waals surface area contributed by atoms with E-state index in [1.165, 1.54) is 15.6 Å². The van der Waals surface area contributed by atoms with E-state index in [1.54, 1.807) is 7.05 Å². The molecule has 7 heteroatoms. The summed E-state index contributed by atoms with van der Waals surface area (Å²) in [5, 5.41) is 12.2. The highest BCUT2D eigenvalue weighted by atomic mass is 16.1. The highest BCUT2D eigenvalue weighted by Gasteiger charge is 2.10. The third-order valence-corrected chi connectivity index (χ3v) is 2.55. The normalized spacial score (nSPS) is 13.2. The molecule has 86 valence electrons. The fourth-order valence-corrected chi connectivity index (χ4v) is 1.45. The first-order chi connectivity index (χ1) is 7.63. The average molecular weight is 222 g/mol. The van der Waals surface area contributed by atoms with Crippen LogP contribution < -0.4 is 11.3 Å². The molecule has 0 spiro atoms. The summed E-state index contributed by atoms with van der Waals surface area (Å²) in [7, 11) is 1.72. The minimum atomic E-state index is -0.193. The van der Waals surface area contributed by atoms with Gasteiger partial charge in [0.1, 0.15) is 5.39 Å². The third kappa shape index (κ3) is 1.69. The summed E-state index contributed by atoms with van der Waals surface area (Å²) in [4.78, 5) is 11.9. The Balaban J connectivity index is 2.49. The van der Waals surface area contributed by atoms with E-state index in [9.17, 15) is 4.79 Å². The van der Waals surface area contributed by atoms with Crippen molar-refractivity contribution in [3.63, 3.8) is 0 Å². The maximum Gasteiger partial charge on any atom is 0.280 e. The van der Waals surface area contributed by atoms with Crippen LogP contribution in [0.2, 0.25) is 0 Å². The van der Waals surface area contributed by atoms with Crippen molar-refractivity contribution in [2.24, 2.45) is 12.8 Å². The van der Waals surface area contributed by atoms with Crippen molar-refractivity contribution in [2.45, 2.75) is 25.9 Å². The van der Waals surface area contributed by atoms with Crippen LogP contribution in [0.15, 0.2) is 11.0 Å². The monoisotopic (exact) mass is 222 g/mol. The lowest BCUT2D eigenvalue weighted by Crippen LogP contribution is -2.33. The Labute approximate surface area is 91.9 Å². The molecule has 7 nitrogen and oxygen atoms in total. The van der Waals surface area contributed by atoms with Gasteiger partial charge < -0.3 is 5.73 Å². The molecule has 1 atom stereocenters. The van der Waals surface area contributed by atoms with Crippen LogP contribution in [0.3, 0.4) is 0 Å². The number of nitrogens with zero attached hydrogens (tertiary/aromatic N) is 5. The second-order valence-corrected chi connectivity index (χ2v) is 3.75. The molecule has 0 aliphatic rings. The van der Waals surface area contributed by atoms with Crippen molar-refractivity contribution in [1.29, 1.82) is 0 Å². The lowest BCUT2D eigenvalue weighted by atomic mass is 10.2. The van der Waals surface area contributed by atoms with Crippen LogP contribution >= 0.6 is 0 Å². The van der Waals surface area contributed by atoms with Gasteiger partial charge in [-0.3, -0.25) is 4.79 Å². The van der Waals surface area contributed by atoms with Crippen molar-refractivity contribution in [1.82, 2.24) is 24.8 Å². The van der Waals surface area contributed by atoms with Crippen molar-refractivity contribution in [3.8, 4) is 0 Å². The maximum absolute atomic E-state index is 11.9. The van der Waals surface area contributed by atoms with Gasteiger partial charge in [0, 0.05) is 13.1 Å². The third-order valence-electron chi connectivity index (χ3n) is 2.55. The second-order valence-electron chi connectivity index (χ2n) is 3.75. The molecule has 0 bridgehead atoms. The standard InChI is InChI=1S/C9H14N6O/c1-3-6(10)5-15-9(16)7-4-11-14(2)8(7)12-13-15/h4,6H,3,5,10H2,1-2H3. The molecule has 0 saturated carbocycles. The minimum Gasteiger partial charge on any atom is -0.326 e. The summed E-state index contributed by atoms with van der Waals surface area (Å²) in [6.45, 7) is 2.35. The largest absolute Gasteiger partial charge is 0.326 e. The molecule has 0 fully saturated rings. The van der Waals surface area contributed by atoms with Gasteiger partial charge in [0.05, 0.1) is 12.7 Å². The van der Waals surface area contributed by atoms with Gasteiger partial charge in [-0.05, 0) is 6.42 Å². The first kappa shape index (κ1) is 10.7. The van der Waals surface area contributed by atoms with Gasteiger partial charge in [-0.15, -0.1) is 5.10 Å². The molecule has 2 heterocycles. The first-order valence-electron chi connectivity index (χ1n) is 5.14. The zero-order valence-electron chi connectivity index (χ0n) is 9.29. The zero-order valence-corrected chi connectivity index (χ0v) is 9.29. The number of hydrogen-bond acceptors (Lipinski definition) is 5. The molecule has 0 aromatic carbocycles. The number of fused-ring (bicyclic) bond motifs is 1. The average Bonchev–Trinajstić information content (AvgIpc) is 2.65. The van der Waals surface area contributed by atoms with E-state index in [1.807, 2.05) is 6.92 Å². The van der Waals surface area contributed by atoms with E-state index < -0.39 is 0 Å². The Morgan fingerprint density at radius 2 is 2.31 bits per heavy atom. The van der Waals surface area contributed by atoms with E-state index in [4.69, 9.17) is 5.73 Å². The van der Waals surface area contributed by atoms with Gasteiger partial charge in [-0.1, -0.05) is 12.1 Å². The molecular weight excluding hydrogens is 208 g/mol. The van der Waals surface area contributed by atoms with E-state index in [-0.39, 0.29) is 11.6 Å². The molecule has 16 heavy (non-hydrogen) atoms. The van der Waals surface area contributed by atoms with E-state index >= 15 is 0 Å². The lowest BCUT2D eigenvalue weighted by molar-refractivity contribution is 0.465. The number of nitrogens with two attached hydrogens (primary N) is 1. The highest BCUT2D eigenvalue weighted by molar-refractivity contribution is 5.72. The second kappa shape index (κ2) is 4.01. The molecule has 0 aliphatic heterocycles. The highest BCUT2D eigenvalue weighted by Crippen LogP contribution is 2.01. The summed E-state index contributed by atoms with van der Waals surface area (Å²) >= 11 is 0. The molecular formula is C9H14N6O. The fourth-order valence-electron chi connectivity index (χ4n) is 1.45. The van der Waals surface area contributed by atoms with E-state index in [2.05, 4.69) is 15.4 Å². The fraction of sp³-hybridized carbons (Fsp3) is 0.556. The van der Waals surface area contributed by atoms with Crippen molar-refractivity contribution < 1.29 is 0 Å². The first-order valence-corrected chi connectivity index (χ1v) is 5.14. The van der Waals surface area contributed by atoms with Gasteiger partial charge in [0.25, 0.3) is 5.56 Å². The van der Waals surface area contributed by atoms with Crippen LogP contribution in [0.5, 0.6) is 0 Å². The van der Waals surface area contributed by atoms with Crippen LogP contribution in [-0.2, 0) is 13.6 Å². The Kier molecular flexibility index (Phi) is 2.69. The Morgan fingerprint density at radius 1 is 1.56 bits per heavy atom. The van der Waals surface area contributed by atoms with Crippen LogP contribution in [0.1, 0.15) is 13.3 Å². The summed E-state index contributed by atoms with van der Waals surface area (Å²) in [5.74, 6) is 0. The van der Waals surface area contributed by atoms with Crippen molar-refractivity contribution >= 4 is 11.0 Å². The summed E-state index contributed by atoms with van der Waals surface area (Å²) in [6, 6.07) is -0.0823. The summed E-state index contributed by atoms with van der Waals surface area (Å²) in [5.41, 5.74) is 6.07. The number of aromatic nitrogens is 5. The van der Waals surface area contributed by atoms with Gasteiger partial charge >= 0.3 is 0 Å². The van der Waals surface area contributed by atoms with Gasteiger partial charge in [-0.25, -0.2) is 9.36 Å². The Bertz CT molecular complexity index is 557. The quantitative estimate of drug-likeness (QED) is 0.738. The predicted octanol–water partition coefficient (Wildman–Crippen LogP) is -0.738. The molecule has 0 amide bonds. The molecule has 1 unspecified atom stereocenters. The SMILES string of the molecule is CCC(N)Cn1nnc2c(cnn2C)c1=O. The Morgan fingerprint density at radius 3 is 3.00 bits per heavy atom. The van der Waals surface area contributed by atoms with Crippen molar-refractivity contribution in [2.75, 3.05) is 0 Å². The molecule has 2 aromatic rings. The number of aryl methyl sites for hydroxylation is 1. The van der Waals surface area contributed by atoms with Gasteiger partial charge in [0.15, 0.2) is 5.65 Å². The van der Waals surface area contributed by atoms with Crippen LogP contribution in [0.4, 0.5) is 0 Å². The Hall–Kier alpha value is -1.76. The smallest absolute Gasteiger partial charge is 0.280 e. The van der Waals surface area contributed by atoms with Crippen LogP contribution in [-0.4, -0.2) is 30.8 Å². The predicted molar refractivity (Wildman–Crippen MR) is 58.8 cm³/mol. The number of hydrogen-bond donors (Lipinski definition) is 1. The maximum atomic E-state index is 11.9. The van der Waals surface area contributed by atoms with E-state index in [0.717, 1.165) is 6.42 Å². The number of rotatable bonds is 3. The van der Waals surface area contributed by atoms with Crippen LogP contribution in [0, 0.1) is 0 Å². The zero-order chi connectivity index (χ0) is 11.7. The van der Waals surface area contributed by atoms with Gasteiger partial charge in [0.2, 0.25) is 0 Å². The summed E-state index contributed by atoms with van der Waals surface area (Å²) in [6.07, 6.45) is 2.29. The topological polar surface area (TPSA) is 91.6 Å². The van der Waals surface area contributed by atoms with Crippen LogP contribution in [0.25, 0.3) is 11.0 Å². The molecule has 2 rings (SSSR count).